The summed E-state index contributed by atoms with van der Waals surface area (Å²) in [7, 11) is -4.72. The first-order chi connectivity index (χ1) is 4.52. The molecule has 1 heterocycles. The predicted octanol–water partition coefficient (Wildman–Crippen LogP) is 1.59. The maximum absolute atomic E-state index is 12.0. The first kappa shape index (κ1) is 7.56. The van der Waals surface area contributed by atoms with Crippen LogP contribution in [0.1, 0.15) is 0 Å². The zero-order valence-electron chi connectivity index (χ0n) is 4.54. The highest BCUT2D eigenvalue weighted by atomic mass is 35.5. The van der Waals surface area contributed by atoms with Gasteiger partial charge in [-0.25, -0.2) is 0 Å². The maximum atomic E-state index is 12.0. The summed E-state index contributed by atoms with van der Waals surface area (Å²) in [5, 5.41) is -0.456. The van der Waals surface area contributed by atoms with Crippen molar-refractivity contribution in [1.82, 2.24) is 0 Å². The molecule has 3 nitrogen and oxygen atoms in total. The SMILES string of the molecule is O=S(=O)(F)c1ccoc1Cl. The summed E-state index contributed by atoms with van der Waals surface area (Å²) >= 11 is 5.14. The zero-order valence-corrected chi connectivity index (χ0v) is 6.12. The molecule has 0 aromatic carbocycles. The van der Waals surface area contributed by atoms with Gasteiger partial charge in [-0.2, -0.15) is 8.42 Å². The molecule has 1 aromatic heterocycles. The summed E-state index contributed by atoms with van der Waals surface area (Å²) in [6.07, 6.45) is 0.995. The summed E-state index contributed by atoms with van der Waals surface area (Å²) in [6, 6.07) is 0.942. The van der Waals surface area contributed by atoms with Crippen LogP contribution in [0.5, 0.6) is 0 Å². The van der Waals surface area contributed by atoms with Gasteiger partial charge in [0.15, 0.2) is 4.90 Å². The van der Waals surface area contributed by atoms with Gasteiger partial charge >= 0.3 is 10.2 Å². The lowest BCUT2D eigenvalue weighted by Gasteiger charge is -1.85. The lowest BCUT2D eigenvalue weighted by Crippen LogP contribution is -1.88. The van der Waals surface area contributed by atoms with E-state index in [-0.39, 0.29) is 0 Å². The Bertz CT molecular complexity index is 328. The van der Waals surface area contributed by atoms with Crippen molar-refractivity contribution in [2.24, 2.45) is 0 Å². The van der Waals surface area contributed by atoms with E-state index in [1.54, 1.807) is 0 Å². The molecule has 0 amide bonds. The monoisotopic (exact) mass is 184 g/mol. The third-order valence-electron chi connectivity index (χ3n) is 0.847. The van der Waals surface area contributed by atoms with Crippen molar-refractivity contribution < 1.29 is 16.7 Å². The molecular weight excluding hydrogens is 183 g/mol. The van der Waals surface area contributed by atoms with Crippen molar-refractivity contribution >= 4 is 21.8 Å². The molecule has 0 saturated carbocycles. The van der Waals surface area contributed by atoms with Gasteiger partial charge in [0.1, 0.15) is 0 Å². The minimum absolute atomic E-state index is 0.456. The van der Waals surface area contributed by atoms with Crippen LogP contribution in [-0.4, -0.2) is 8.42 Å². The topological polar surface area (TPSA) is 47.3 Å². The van der Waals surface area contributed by atoms with E-state index < -0.39 is 20.3 Å². The molecule has 0 aliphatic carbocycles. The molecule has 6 heteroatoms. The Morgan fingerprint density at radius 3 is 2.40 bits per heavy atom. The van der Waals surface area contributed by atoms with E-state index in [0.29, 0.717) is 0 Å². The molecule has 0 unspecified atom stereocenters. The molecule has 0 spiro atoms. The summed E-state index contributed by atoms with van der Waals surface area (Å²) in [4.78, 5) is -0.630. The van der Waals surface area contributed by atoms with Crippen LogP contribution >= 0.6 is 11.6 Å². The van der Waals surface area contributed by atoms with Crippen molar-refractivity contribution in [3.8, 4) is 0 Å². The lowest BCUT2D eigenvalue weighted by molar-refractivity contribution is 0.540. The number of rotatable bonds is 1. The van der Waals surface area contributed by atoms with E-state index in [1.807, 2.05) is 0 Å². The van der Waals surface area contributed by atoms with E-state index in [4.69, 9.17) is 11.6 Å². The minimum atomic E-state index is -4.72. The van der Waals surface area contributed by atoms with E-state index >= 15 is 0 Å². The molecule has 0 fully saturated rings. The van der Waals surface area contributed by atoms with E-state index in [2.05, 4.69) is 4.42 Å². The highest BCUT2D eigenvalue weighted by molar-refractivity contribution is 7.86. The average Bonchev–Trinajstić information content (AvgIpc) is 2.11. The van der Waals surface area contributed by atoms with Crippen LogP contribution < -0.4 is 0 Å². The Morgan fingerprint density at radius 1 is 1.60 bits per heavy atom. The molecule has 0 N–H and O–H groups in total. The van der Waals surface area contributed by atoms with Crippen LogP contribution in [0.4, 0.5) is 3.89 Å². The Labute approximate surface area is 61.6 Å². The second kappa shape index (κ2) is 2.25. The fourth-order valence-electron chi connectivity index (χ4n) is 0.456. The van der Waals surface area contributed by atoms with Gasteiger partial charge in [-0.3, -0.25) is 0 Å². The fourth-order valence-corrected chi connectivity index (χ4v) is 1.31. The van der Waals surface area contributed by atoms with E-state index in [0.717, 1.165) is 12.3 Å². The summed E-state index contributed by atoms with van der Waals surface area (Å²) < 4.78 is 36.6. The van der Waals surface area contributed by atoms with Crippen molar-refractivity contribution in [1.29, 1.82) is 0 Å². The summed E-state index contributed by atoms with van der Waals surface area (Å²) in [5.41, 5.74) is 0. The first-order valence-corrected chi connectivity index (χ1v) is 3.95. The van der Waals surface area contributed by atoms with Gasteiger partial charge in [0.05, 0.1) is 6.26 Å². The Balaban J connectivity index is 3.32. The second-order valence-corrected chi connectivity index (χ2v) is 3.16. The smallest absolute Gasteiger partial charge is 0.336 e. The standard InChI is InChI=1S/C4H2ClFO3S/c5-4-3(1-2-9-4)10(6,7)8/h1-2H. The molecule has 0 radical (unpaired) electrons. The van der Waals surface area contributed by atoms with Crippen molar-refractivity contribution in [2.75, 3.05) is 0 Å². The van der Waals surface area contributed by atoms with Crippen molar-refractivity contribution in [3.05, 3.63) is 17.5 Å². The predicted molar refractivity (Wildman–Crippen MR) is 32.0 cm³/mol. The van der Waals surface area contributed by atoms with E-state index in [1.165, 1.54) is 0 Å². The quantitative estimate of drug-likeness (QED) is 0.623. The Morgan fingerprint density at radius 2 is 2.20 bits per heavy atom. The largest absolute Gasteiger partial charge is 0.451 e. The molecule has 56 valence electrons. The van der Waals surface area contributed by atoms with Crippen LogP contribution in [-0.2, 0) is 10.2 Å². The van der Waals surface area contributed by atoms with Crippen molar-refractivity contribution in [3.63, 3.8) is 0 Å². The van der Waals surface area contributed by atoms with Crippen molar-refractivity contribution in [2.45, 2.75) is 4.90 Å². The number of furan rings is 1. The molecule has 0 aliphatic rings. The molecule has 0 saturated heterocycles. The highest BCUT2D eigenvalue weighted by Gasteiger charge is 2.18. The molecule has 0 bridgehead atoms. The zero-order chi connectivity index (χ0) is 7.78. The Kier molecular flexibility index (Phi) is 1.70. The van der Waals surface area contributed by atoms with E-state index in [9.17, 15) is 12.3 Å². The molecule has 10 heavy (non-hydrogen) atoms. The normalized spacial score (nSPS) is 11.8. The second-order valence-electron chi connectivity index (χ2n) is 1.50. The fraction of sp³-hybridized carbons (Fsp3) is 0. The molecule has 1 aromatic rings. The molecular formula is C4H2ClFO3S. The first-order valence-electron chi connectivity index (χ1n) is 2.19. The average molecular weight is 185 g/mol. The van der Waals surface area contributed by atoms with Gasteiger partial charge in [-0.1, -0.05) is 0 Å². The van der Waals surface area contributed by atoms with Crippen LogP contribution in [0.3, 0.4) is 0 Å². The molecule has 0 atom stereocenters. The molecule has 1 rings (SSSR count). The third-order valence-corrected chi connectivity index (χ3v) is 2.10. The van der Waals surface area contributed by atoms with Gasteiger partial charge in [0, 0.05) is 0 Å². The number of hydrogen-bond acceptors (Lipinski definition) is 3. The third kappa shape index (κ3) is 1.30. The van der Waals surface area contributed by atoms with Crippen LogP contribution in [0.15, 0.2) is 21.6 Å². The van der Waals surface area contributed by atoms with Crippen LogP contribution in [0, 0.1) is 0 Å². The Hall–Kier alpha value is -0.550. The van der Waals surface area contributed by atoms with Crippen LogP contribution in [0.2, 0.25) is 5.22 Å². The van der Waals surface area contributed by atoms with Gasteiger partial charge in [-0.05, 0) is 17.7 Å². The van der Waals surface area contributed by atoms with Gasteiger partial charge < -0.3 is 4.42 Å². The highest BCUT2D eigenvalue weighted by Crippen LogP contribution is 2.23. The summed E-state index contributed by atoms with van der Waals surface area (Å²) in [5.74, 6) is 0. The number of hydrogen-bond donors (Lipinski definition) is 0. The van der Waals surface area contributed by atoms with Gasteiger partial charge in [0.2, 0.25) is 5.22 Å². The summed E-state index contributed by atoms with van der Waals surface area (Å²) in [6.45, 7) is 0. The maximum Gasteiger partial charge on any atom is 0.336 e. The minimum Gasteiger partial charge on any atom is -0.451 e. The molecule has 0 aliphatic heterocycles. The number of halogens is 2. The van der Waals surface area contributed by atoms with Crippen LogP contribution in [0.25, 0.3) is 0 Å². The van der Waals surface area contributed by atoms with Gasteiger partial charge in [-0.15, -0.1) is 3.89 Å². The lowest BCUT2D eigenvalue weighted by atomic mass is 10.7. The van der Waals surface area contributed by atoms with Gasteiger partial charge in [0.25, 0.3) is 0 Å².